The lowest BCUT2D eigenvalue weighted by Gasteiger charge is -1.90. The topological polar surface area (TPSA) is 12.4 Å². The zero-order chi connectivity index (χ0) is 7.82. The lowest BCUT2D eigenvalue weighted by Crippen LogP contribution is -1.70. The molecule has 0 unspecified atom stereocenters. The van der Waals surface area contributed by atoms with Crippen LogP contribution in [0, 0.1) is 0 Å². The first-order valence-corrected chi connectivity index (χ1v) is 4.36. The number of nitrogens with zero attached hydrogens (tertiary/aromatic N) is 1. The van der Waals surface area contributed by atoms with E-state index in [1.165, 1.54) is 4.91 Å². The minimum Gasteiger partial charge on any atom is -0.296 e. The molecule has 0 fully saturated rings. The van der Waals surface area contributed by atoms with Crippen LogP contribution < -0.4 is 0 Å². The van der Waals surface area contributed by atoms with Gasteiger partial charge in [0.25, 0.3) is 0 Å². The van der Waals surface area contributed by atoms with E-state index in [1.807, 2.05) is 19.1 Å². The molecule has 0 spiro atoms. The van der Waals surface area contributed by atoms with Crippen LogP contribution in [0.1, 0.15) is 6.92 Å². The second-order valence-electron chi connectivity index (χ2n) is 1.68. The van der Waals surface area contributed by atoms with Crippen molar-refractivity contribution in [3.05, 3.63) is 23.1 Å². The number of aliphatic imine (C=N–C) groups is 1. The highest BCUT2D eigenvalue weighted by Crippen LogP contribution is 2.11. The van der Waals surface area contributed by atoms with Crippen molar-refractivity contribution >= 4 is 18.0 Å². The fraction of sp³-hybridized carbons (Fsp3) is 0.375. The quantitative estimate of drug-likeness (QED) is 0.450. The number of hydrogen-bond acceptors (Lipinski definition) is 2. The average Bonchev–Trinajstić information content (AvgIpc) is 1.98. The van der Waals surface area contributed by atoms with Gasteiger partial charge in [0.2, 0.25) is 0 Å². The van der Waals surface area contributed by atoms with Crippen LogP contribution in [0.25, 0.3) is 0 Å². The second-order valence-corrected chi connectivity index (χ2v) is 2.56. The van der Waals surface area contributed by atoms with Crippen LogP contribution in [0.5, 0.6) is 0 Å². The first-order chi connectivity index (χ1) is 4.85. The summed E-state index contributed by atoms with van der Waals surface area (Å²) in [6.45, 7) is 2.01. The van der Waals surface area contributed by atoms with Crippen molar-refractivity contribution in [2.75, 3.05) is 13.3 Å². The molecule has 0 aliphatic rings. The van der Waals surface area contributed by atoms with Crippen LogP contribution >= 0.6 is 11.8 Å². The zero-order valence-corrected chi connectivity index (χ0v) is 7.48. The molecule has 0 saturated carbocycles. The van der Waals surface area contributed by atoms with Gasteiger partial charge in [-0.1, -0.05) is 12.2 Å². The Bertz CT molecular complexity index is 157. The third kappa shape index (κ3) is 4.39. The van der Waals surface area contributed by atoms with Gasteiger partial charge in [0.05, 0.1) is 0 Å². The maximum Gasteiger partial charge on any atom is 0.0277 e. The molecule has 0 rings (SSSR count). The van der Waals surface area contributed by atoms with Gasteiger partial charge >= 0.3 is 0 Å². The SMILES string of the molecule is C/C=C\C(=C/C=NC)SC. The van der Waals surface area contributed by atoms with Crippen LogP contribution in [0.4, 0.5) is 0 Å². The fourth-order valence-electron chi connectivity index (χ4n) is 0.504. The van der Waals surface area contributed by atoms with E-state index in [0.29, 0.717) is 0 Å². The summed E-state index contributed by atoms with van der Waals surface area (Å²) in [5.41, 5.74) is 0. The minimum absolute atomic E-state index is 1.23. The largest absolute Gasteiger partial charge is 0.296 e. The molecule has 0 N–H and O–H groups in total. The van der Waals surface area contributed by atoms with Crippen LogP contribution in [0.15, 0.2) is 28.1 Å². The van der Waals surface area contributed by atoms with Crippen molar-refractivity contribution in [2.45, 2.75) is 6.92 Å². The summed E-state index contributed by atoms with van der Waals surface area (Å²) >= 11 is 1.72. The molecule has 0 aliphatic carbocycles. The molecule has 56 valence electrons. The van der Waals surface area contributed by atoms with Crippen molar-refractivity contribution in [2.24, 2.45) is 4.99 Å². The molecule has 0 atom stereocenters. The summed E-state index contributed by atoms with van der Waals surface area (Å²) < 4.78 is 0. The molecule has 1 nitrogen and oxygen atoms in total. The number of allylic oxidation sites excluding steroid dienone is 3. The van der Waals surface area contributed by atoms with Crippen molar-refractivity contribution in [3.8, 4) is 0 Å². The predicted octanol–water partition coefficient (Wildman–Crippen LogP) is 2.51. The molecule has 0 aromatic heterocycles. The van der Waals surface area contributed by atoms with Gasteiger partial charge in [-0.25, -0.2) is 0 Å². The highest BCUT2D eigenvalue weighted by molar-refractivity contribution is 8.02. The highest BCUT2D eigenvalue weighted by atomic mass is 32.2. The summed E-state index contributed by atoms with van der Waals surface area (Å²) in [6.07, 6.45) is 9.92. The van der Waals surface area contributed by atoms with Gasteiger partial charge in [0.15, 0.2) is 0 Å². The molecule has 0 radical (unpaired) electrons. The molecule has 0 saturated heterocycles. The van der Waals surface area contributed by atoms with Crippen molar-refractivity contribution < 1.29 is 0 Å². The summed E-state index contributed by atoms with van der Waals surface area (Å²) in [4.78, 5) is 5.09. The Kier molecular flexibility index (Phi) is 6.29. The van der Waals surface area contributed by atoms with Gasteiger partial charge in [-0.15, -0.1) is 11.8 Å². The summed E-state index contributed by atoms with van der Waals surface area (Å²) in [5, 5.41) is 0. The van der Waals surface area contributed by atoms with Crippen LogP contribution in [0.2, 0.25) is 0 Å². The van der Waals surface area contributed by atoms with Gasteiger partial charge in [-0.3, -0.25) is 4.99 Å². The third-order valence-electron chi connectivity index (χ3n) is 0.955. The van der Waals surface area contributed by atoms with Gasteiger partial charge in [0, 0.05) is 18.2 Å². The smallest absolute Gasteiger partial charge is 0.0277 e. The van der Waals surface area contributed by atoms with Gasteiger partial charge in [-0.2, -0.15) is 0 Å². The van der Waals surface area contributed by atoms with Gasteiger partial charge in [0.1, 0.15) is 0 Å². The summed E-state index contributed by atoms with van der Waals surface area (Å²) in [7, 11) is 1.77. The maximum atomic E-state index is 3.86. The van der Waals surface area contributed by atoms with Crippen molar-refractivity contribution in [1.82, 2.24) is 0 Å². The summed E-state index contributed by atoms with van der Waals surface area (Å²) in [6, 6.07) is 0. The van der Waals surface area contributed by atoms with E-state index < -0.39 is 0 Å². The van der Waals surface area contributed by atoms with E-state index in [0.717, 1.165) is 0 Å². The van der Waals surface area contributed by atoms with Crippen LogP contribution in [-0.4, -0.2) is 19.5 Å². The molecular formula is C8H13NS. The Morgan fingerprint density at radius 2 is 2.20 bits per heavy atom. The molecule has 0 aliphatic heterocycles. The maximum absolute atomic E-state index is 3.86. The molecule has 2 heteroatoms. The van der Waals surface area contributed by atoms with E-state index in [4.69, 9.17) is 0 Å². The zero-order valence-electron chi connectivity index (χ0n) is 6.66. The first kappa shape index (κ1) is 9.50. The Morgan fingerprint density at radius 1 is 1.50 bits per heavy atom. The highest BCUT2D eigenvalue weighted by Gasteiger charge is 1.82. The molecule has 0 bridgehead atoms. The third-order valence-corrected chi connectivity index (χ3v) is 1.70. The lowest BCUT2D eigenvalue weighted by molar-refractivity contribution is 1.47. The predicted molar refractivity (Wildman–Crippen MR) is 50.8 cm³/mol. The van der Waals surface area contributed by atoms with Crippen LogP contribution in [-0.2, 0) is 0 Å². The Hall–Kier alpha value is -0.500. The molecule has 0 aromatic rings. The molecular weight excluding hydrogens is 142 g/mol. The Balaban J connectivity index is 4.04. The molecule has 0 amide bonds. The van der Waals surface area contributed by atoms with Crippen LogP contribution in [0.3, 0.4) is 0 Å². The van der Waals surface area contributed by atoms with E-state index in [1.54, 1.807) is 25.0 Å². The van der Waals surface area contributed by atoms with E-state index in [9.17, 15) is 0 Å². The molecule has 0 aromatic carbocycles. The fourth-order valence-corrected chi connectivity index (χ4v) is 0.973. The average molecular weight is 155 g/mol. The van der Waals surface area contributed by atoms with E-state index in [2.05, 4.69) is 17.3 Å². The van der Waals surface area contributed by atoms with Gasteiger partial charge < -0.3 is 0 Å². The number of hydrogen-bond donors (Lipinski definition) is 0. The van der Waals surface area contributed by atoms with E-state index in [-0.39, 0.29) is 0 Å². The van der Waals surface area contributed by atoms with Crippen molar-refractivity contribution in [1.29, 1.82) is 0 Å². The number of rotatable bonds is 3. The molecule has 0 heterocycles. The molecule has 10 heavy (non-hydrogen) atoms. The van der Waals surface area contributed by atoms with E-state index >= 15 is 0 Å². The normalized spacial score (nSPS) is 13.7. The standard InChI is InChI=1S/C8H13NS/c1-4-5-8(10-3)6-7-9-2/h4-7H,1-3H3/b5-4-,8-6+,9-7?. The first-order valence-electron chi connectivity index (χ1n) is 3.14. The minimum atomic E-state index is 1.23. The number of thioether (sulfide) groups is 1. The monoisotopic (exact) mass is 155 g/mol. The Morgan fingerprint density at radius 3 is 2.60 bits per heavy atom. The van der Waals surface area contributed by atoms with Gasteiger partial charge in [-0.05, 0) is 19.3 Å². The lowest BCUT2D eigenvalue weighted by atomic mass is 10.4. The van der Waals surface area contributed by atoms with Crippen molar-refractivity contribution in [3.63, 3.8) is 0 Å². The Labute approximate surface area is 66.9 Å². The second kappa shape index (κ2) is 6.62. The summed E-state index contributed by atoms with van der Waals surface area (Å²) in [5.74, 6) is 0.